The number of likely N-dealkylation sites (N-methyl/N-ethyl adjacent to an activating group) is 2. The number of amides is 2. The van der Waals surface area contributed by atoms with Gasteiger partial charge in [-0.2, -0.15) is 0 Å². The molecule has 0 aliphatic heterocycles. The molecular weight excluding hydrogens is 408 g/mol. The van der Waals surface area contributed by atoms with Gasteiger partial charge in [-0.25, -0.2) is 9.59 Å². The van der Waals surface area contributed by atoms with Gasteiger partial charge in [-0.05, 0) is 58.2 Å². The van der Waals surface area contributed by atoms with E-state index in [9.17, 15) is 9.59 Å². The number of rotatable bonds is 16. The molecule has 0 unspecified atom stereocenters. The highest BCUT2D eigenvalue weighted by Gasteiger charge is 2.08. The van der Waals surface area contributed by atoms with Gasteiger partial charge in [-0.1, -0.05) is 45.6 Å². The highest BCUT2D eigenvalue weighted by atomic mass is 16.6. The topological polar surface area (TPSA) is 83.1 Å². The number of benzene rings is 1. The van der Waals surface area contributed by atoms with Gasteiger partial charge in [0, 0.05) is 24.5 Å². The maximum Gasteiger partial charge on any atom is 0.411 e. The number of nitrogens with one attached hydrogen (secondary N) is 2. The summed E-state index contributed by atoms with van der Waals surface area (Å²) < 4.78 is 10.5. The number of unbranched alkanes of at least 4 members (excludes halogenated alkanes) is 4. The van der Waals surface area contributed by atoms with E-state index in [-0.39, 0.29) is 0 Å². The van der Waals surface area contributed by atoms with Gasteiger partial charge in [0.15, 0.2) is 0 Å². The van der Waals surface area contributed by atoms with Crippen molar-refractivity contribution in [3.05, 3.63) is 24.3 Å². The molecule has 0 bridgehead atoms. The standard InChI is InChI=1S/C24H42N4O4/c1-5-7-9-14-27(3)16-18-31-23(29)25-21-12-11-13-22(20-21)26-24(30)32-19-17-28(4)15-10-8-6-2/h11-13,20H,5-10,14-19H2,1-4H3,(H,25,29)(H,26,30). The summed E-state index contributed by atoms with van der Waals surface area (Å²) in [5, 5.41) is 5.37. The average Bonchev–Trinajstić information content (AvgIpc) is 2.74. The molecule has 1 aromatic carbocycles. The molecule has 8 nitrogen and oxygen atoms in total. The minimum absolute atomic E-state index is 0.325. The zero-order valence-corrected chi connectivity index (χ0v) is 20.3. The molecule has 1 rings (SSSR count). The van der Waals surface area contributed by atoms with E-state index in [1.165, 1.54) is 25.7 Å². The Bertz CT molecular complexity index is 605. The van der Waals surface area contributed by atoms with Crippen LogP contribution in [0.2, 0.25) is 0 Å². The SMILES string of the molecule is CCCCCN(C)CCOC(=O)Nc1cccc(NC(=O)OCCN(C)CCCCC)c1. The maximum absolute atomic E-state index is 12.0. The first kappa shape index (κ1) is 27.7. The van der Waals surface area contributed by atoms with Crippen LogP contribution in [0.3, 0.4) is 0 Å². The molecule has 0 heterocycles. The van der Waals surface area contributed by atoms with E-state index in [0.29, 0.717) is 37.7 Å². The van der Waals surface area contributed by atoms with E-state index in [2.05, 4.69) is 34.3 Å². The normalized spacial score (nSPS) is 10.9. The van der Waals surface area contributed by atoms with Crippen LogP contribution in [0.1, 0.15) is 52.4 Å². The highest BCUT2D eigenvalue weighted by Crippen LogP contribution is 2.15. The van der Waals surface area contributed by atoms with Crippen molar-refractivity contribution in [3.63, 3.8) is 0 Å². The second-order valence-corrected chi connectivity index (χ2v) is 8.12. The van der Waals surface area contributed by atoms with Crippen LogP contribution >= 0.6 is 0 Å². The molecule has 2 amide bonds. The second kappa shape index (κ2) is 17.3. The van der Waals surface area contributed by atoms with Crippen molar-refractivity contribution >= 4 is 23.6 Å². The fraction of sp³-hybridized carbons (Fsp3) is 0.667. The van der Waals surface area contributed by atoms with Crippen LogP contribution in [0.4, 0.5) is 21.0 Å². The summed E-state index contributed by atoms with van der Waals surface area (Å²) in [5.74, 6) is 0. The molecule has 0 fully saturated rings. The van der Waals surface area contributed by atoms with Gasteiger partial charge in [0.1, 0.15) is 13.2 Å². The van der Waals surface area contributed by atoms with E-state index in [1.54, 1.807) is 24.3 Å². The van der Waals surface area contributed by atoms with Crippen molar-refractivity contribution in [2.45, 2.75) is 52.4 Å². The second-order valence-electron chi connectivity index (χ2n) is 8.12. The predicted octanol–water partition coefficient (Wildman–Crippen LogP) is 5.03. The lowest BCUT2D eigenvalue weighted by molar-refractivity contribution is 0.145. The van der Waals surface area contributed by atoms with Gasteiger partial charge in [0.25, 0.3) is 0 Å². The zero-order valence-electron chi connectivity index (χ0n) is 20.3. The molecule has 0 saturated carbocycles. The van der Waals surface area contributed by atoms with E-state index in [1.807, 2.05) is 14.1 Å². The molecule has 0 aromatic heterocycles. The molecule has 0 saturated heterocycles. The monoisotopic (exact) mass is 450 g/mol. The van der Waals surface area contributed by atoms with Crippen LogP contribution in [0.5, 0.6) is 0 Å². The average molecular weight is 451 g/mol. The van der Waals surface area contributed by atoms with E-state index in [0.717, 1.165) is 25.9 Å². The lowest BCUT2D eigenvalue weighted by Gasteiger charge is -2.16. The van der Waals surface area contributed by atoms with Crippen molar-refractivity contribution in [1.29, 1.82) is 0 Å². The minimum atomic E-state index is -0.516. The summed E-state index contributed by atoms with van der Waals surface area (Å²) >= 11 is 0. The van der Waals surface area contributed by atoms with E-state index >= 15 is 0 Å². The van der Waals surface area contributed by atoms with Crippen molar-refractivity contribution in [2.24, 2.45) is 0 Å². The summed E-state index contributed by atoms with van der Waals surface area (Å²) in [6, 6.07) is 6.88. The molecule has 0 atom stereocenters. The third-order valence-electron chi connectivity index (χ3n) is 5.05. The molecule has 0 spiro atoms. The molecule has 0 aliphatic rings. The lowest BCUT2D eigenvalue weighted by atomic mass is 10.2. The highest BCUT2D eigenvalue weighted by molar-refractivity contribution is 5.88. The Kier molecular flexibility index (Phi) is 14.9. The molecular formula is C24H42N4O4. The Morgan fingerprint density at radius 1 is 0.750 bits per heavy atom. The van der Waals surface area contributed by atoms with Gasteiger partial charge in [0.2, 0.25) is 0 Å². The van der Waals surface area contributed by atoms with Crippen LogP contribution in [-0.4, -0.2) is 75.5 Å². The van der Waals surface area contributed by atoms with Crippen LogP contribution in [0.15, 0.2) is 24.3 Å². The molecule has 0 aliphatic carbocycles. The third-order valence-corrected chi connectivity index (χ3v) is 5.05. The molecule has 182 valence electrons. The Labute approximate surface area is 193 Å². The van der Waals surface area contributed by atoms with Crippen LogP contribution in [0.25, 0.3) is 0 Å². The Hall–Kier alpha value is -2.32. The minimum Gasteiger partial charge on any atom is -0.448 e. The van der Waals surface area contributed by atoms with Crippen molar-refractivity contribution < 1.29 is 19.1 Å². The van der Waals surface area contributed by atoms with Gasteiger partial charge >= 0.3 is 12.2 Å². The predicted molar refractivity (Wildman–Crippen MR) is 130 cm³/mol. The first-order valence-electron chi connectivity index (χ1n) is 11.8. The lowest BCUT2D eigenvalue weighted by Crippen LogP contribution is -2.26. The van der Waals surface area contributed by atoms with Gasteiger partial charge < -0.3 is 19.3 Å². The number of nitrogens with zero attached hydrogens (tertiary/aromatic N) is 2. The van der Waals surface area contributed by atoms with E-state index in [4.69, 9.17) is 9.47 Å². The van der Waals surface area contributed by atoms with Crippen molar-refractivity contribution in [1.82, 2.24) is 9.80 Å². The molecule has 32 heavy (non-hydrogen) atoms. The number of hydrogen-bond acceptors (Lipinski definition) is 6. The summed E-state index contributed by atoms with van der Waals surface area (Å²) in [6.45, 7) is 8.38. The Morgan fingerprint density at radius 3 is 1.59 bits per heavy atom. The Balaban J connectivity index is 2.29. The molecule has 1 aromatic rings. The smallest absolute Gasteiger partial charge is 0.411 e. The summed E-state index contributed by atoms with van der Waals surface area (Å²) in [7, 11) is 4.05. The van der Waals surface area contributed by atoms with Crippen LogP contribution in [-0.2, 0) is 9.47 Å². The first-order chi connectivity index (χ1) is 15.4. The molecule has 0 radical (unpaired) electrons. The molecule has 2 N–H and O–H groups in total. The summed E-state index contributed by atoms with van der Waals surface area (Å²) in [6.07, 6.45) is 6.06. The fourth-order valence-corrected chi connectivity index (χ4v) is 3.06. The van der Waals surface area contributed by atoms with Crippen molar-refractivity contribution in [2.75, 3.05) is 64.1 Å². The summed E-state index contributed by atoms with van der Waals surface area (Å²) in [4.78, 5) is 28.3. The quantitative estimate of drug-likeness (QED) is 0.344. The number of anilines is 2. The first-order valence-corrected chi connectivity index (χ1v) is 11.8. The van der Waals surface area contributed by atoms with Gasteiger partial charge in [0.05, 0.1) is 0 Å². The zero-order chi connectivity index (χ0) is 23.6. The van der Waals surface area contributed by atoms with Gasteiger partial charge in [-0.3, -0.25) is 10.6 Å². The number of carbonyl (C=O) groups is 2. The van der Waals surface area contributed by atoms with Crippen LogP contribution in [0, 0.1) is 0 Å². The third kappa shape index (κ3) is 13.9. The molecule has 8 heteroatoms. The largest absolute Gasteiger partial charge is 0.448 e. The fourth-order valence-electron chi connectivity index (χ4n) is 3.06. The summed E-state index contributed by atoms with van der Waals surface area (Å²) in [5.41, 5.74) is 1.08. The number of hydrogen-bond donors (Lipinski definition) is 2. The van der Waals surface area contributed by atoms with E-state index < -0.39 is 12.2 Å². The number of carbonyl (C=O) groups excluding carboxylic acids is 2. The number of ether oxygens (including phenoxy) is 2. The maximum atomic E-state index is 12.0. The van der Waals surface area contributed by atoms with Crippen LogP contribution < -0.4 is 10.6 Å². The Morgan fingerprint density at radius 2 is 1.19 bits per heavy atom. The van der Waals surface area contributed by atoms with Crippen molar-refractivity contribution in [3.8, 4) is 0 Å². The van der Waals surface area contributed by atoms with Gasteiger partial charge in [-0.15, -0.1) is 0 Å².